The fraction of sp³-hybridized carbons (Fsp3) is 0. The van der Waals surface area contributed by atoms with Gasteiger partial charge in [-0.15, -0.1) is 0 Å². The molecule has 0 aliphatic carbocycles. The molecule has 0 bridgehead atoms. The van der Waals surface area contributed by atoms with Gasteiger partial charge >= 0.3 is 0 Å². The van der Waals surface area contributed by atoms with Crippen LogP contribution in [0, 0.1) is 0 Å². The van der Waals surface area contributed by atoms with Gasteiger partial charge in [0, 0.05) is 32.8 Å². The Morgan fingerprint density at radius 3 is 1.76 bits per heavy atom. The van der Waals surface area contributed by atoms with E-state index in [1.165, 1.54) is 6.07 Å². The summed E-state index contributed by atoms with van der Waals surface area (Å²) in [6.07, 6.45) is 0. The average molecular weight is 670 g/mol. The summed E-state index contributed by atoms with van der Waals surface area (Å²) >= 11 is 0. The fourth-order valence-corrected chi connectivity index (χ4v) is 5.98. The Morgan fingerprint density at radius 2 is 1.04 bits per heavy atom. The fourth-order valence-electron chi connectivity index (χ4n) is 5.98. The van der Waals surface area contributed by atoms with Crippen molar-refractivity contribution in [1.82, 2.24) is 15.0 Å². The third-order valence-electron chi connectivity index (χ3n) is 8.35. The van der Waals surface area contributed by atoms with Gasteiger partial charge in [0.05, 0.1) is 24.7 Å². The minimum absolute atomic E-state index is 0.0391. The van der Waals surface area contributed by atoms with Crippen molar-refractivity contribution in [2.24, 2.45) is 0 Å². The van der Waals surface area contributed by atoms with Crippen LogP contribution in [-0.4, -0.2) is 15.0 Å². The summed E-state index contributed by atoms with van der Waals surface area (Å²) in [6.45, 7) is 0. The molecule has 0 fully saturated rings. The molecule has 2 aromatic heterocycles. The Balaban J connectivity index is 1.35. The number of hydrogen-bond donors (Lipinski definition) is 0. The molecule has 4 heteroatoms. The van der Waals surface area contributed by atoms with Crippen LogP contribution in [0.3, 0.4) is 0 Å². The van der Waals surface area contributed by atoms with E-state index in [1.54, 1.807) is 60.7 Å². The SMILES string of the molecule is [2H]c1c([2H])c(-c2cc3c(oc4c([2H])c([2H])c([2H])c(-c5nc(-c6ccccc6)nc(-c6ccccc6)n5)c43)c3c([2H])c([2H])c([2H])c([2H])c23)c([2H])c([2H])c1-c1c([2H])c([2H])c2c([2H])c([2H])c([2H])c([2H])c2c1[2H]. The molecule has 0 unspecified atom stereocenters. The Hall–Kier alpha value is -6.91. The van der Waals surface area contributed by atoms with Gasteiger partial charge in [-0.1, -0.05) is 157 Å². The highest BCUT2D eigenvalue weighted by Crippen LogP contribution is 2.43. The second-order valence-corrected chi connectivity index (χ2v) is 11.4. The van der Waals surface area contributed by atoms with Crippen LogP contribution < -0.4 is 0 Å². The second-order valence-electron chi connectivity index (χ2n) is 11.4. The number of furan rings is 1. The first kappa shape index (κ1) is 16.2. The number of benzene rings is 8. The average Bonchev–Trinajstić information content (AvgIpc) is 3.73. The largest absolute Gasteiger partial charge is 0.455 e. The van der Waals surface area contributed by atoms with Crippen LogP contribution in [0.2, 0.25) is 0 Å². The van der Waals surface area contributed by atoms with E-state index in [1.807, 2.05) is 0 Å². The van der Waals surface area contributed by atoms with E-state index in [0.29, 0.717) is 11.1 Å². The summed E-state index contributed by atoms with van der Waals surface area (Å²) in [5, 5.41) is -1.63. The van der Waals surface area contributed by atoms with Crippen LogP contribution in [-0.2, 0) is 0 Å². The van der Waals surface area contributed by atoms with E-state index in [-0.39, 0.29) is 61.3 Å². The maximum atomic E-state index is 9.46. The molecule has 0 aliphatic rings. The topological polar surface area (TPSA) is 51.8 Å². The van der Waals surface area contributed by atoms with Crippen molar-refractivity contribution in [2.45, 2.75) is 0 Å². The van der Waals surface area contributed by atoms with Crippen molar-refractivity contribution in [3.63, 3.8) is 0 Å². The molecule has 0 saturated carbocycles. The molecule has 0 radical (unpaired) electrons. The van der Waals surface area contributed by atoms with Crippen molar-refractivity contribution in [3.05, 3.63) is 175 Å². The van der Waals surface area contributed by atoms with Gasteiger partial charge in [-0.05, 0) is 56.6 Å². The molecule has 4 nitrogen and oxygen atoms in total. The lowest BCUT2D eigenvalue weighted by Gasteiger charge is -2.11. The number of aromatic nitrogens is 3. The molecule has 0 aliphatic heterocycles. The lowest BCUT2D eigenvalue weighted by Crippen LogP contribution is -2.00. The van der Waals surface area contributed by atoms with E-state index in [9.17, 15) is 9.60 Å². The van der Waals surface area contributed by atoms with E-state index >= 15 is 0 Å². The van der Waals surface area contributed by atoms with Gasteiger partial charge in [-0.25, -0.2) is 15.0 Å². The Kier molecular flexibility index (Phi) is 3.78. The van der Waals surface area contributed by atoms with Crippen molar-refractivity contribution in [1.29, 1.82) is 0 Å². The number of fused-ring (bicyclic) bond motifs is 6. The number of rotatable bonds is 5. The highest BCUT2D eigenvalue weighted by molar-refractivity contribution is 6.22. The zero-order valence-corrected chi connectivity index (χ0v) is 26.1. The van der Waals surface area contributed by atoms with Crippen molar-refractivity contribution >= 4 is 43.5 Å². The molecule has 10 rings (SSSR count). The van der Waals surface area contributed by atoms with Crippen LogP contribution >= 0.6 is 0 Å². The minimum atomic E-state index is -0.854. The Morgan fingerprint density at radius 1 is 0.431 bits per heavy atom. The smallest absolute Gasteiger partial charge is 0.164 e. The van der Waals surface area contributed by atoms with E-state index in [0.717, 1.165) is 0 Å². The molecule has 10 aromatic rings. The maximum Gasteiger partial charge on any atom is 0.164 e. The second kappa shape index (κ2) is 11.9. The predicted molar refractivity (Wildman–Crippen MR) is 209 cm³/mol. The van der Waals surface area contributed by atoms with Crippen LogP contribution in [0.5, 0.6) is 0 Å². The van der Waals surface area contributed by atoms with Gasteiger partial charge in [0.25, 0.3) is 0 Å². The predicted octanol–water partition coefficient (Wildman–Crippen LogP) is 12.4. The molecule has 2 heterocycles. The molecule has 0 N–H and O–H groups in total. The van der Waals surface area contributed by atoms with Gasteiger partial charge in [-0.3, -0.25) is 0 Å². The lowest BCUT2D eigenvalue weighted by molar-refractivity contribution is 0.673. The quantitative estimate of drug-likeness (QED) is 0.183. The van der Waals surface area contributed by atoms with Gasteiger partial charge in [0.15, 0.2) is 17.5 Å². The first-order chi connectivity index (χ1) is 32.8. The van der Waals surface area contributed by atoms with Crippen molar-refractivity contribution < 1.29 is 29.1 Å². The minimum Gasteiger partial charge on any atom is -0.455 e. The summed E-state index contributed by atoms with van der Waals surface area (Å²) in [4.78, 5) is 14.3. The zero-order valence-electron chi connectivity index (χ0n) is 44.1. The summed E-state index contributed by atoms with van der Waals surface area (Å²) < 4.78 is 167. The molecule has 238 valence electrons. The number of hydrogen-bond acceptors (Lipinski definition) is 4. The summed E-state index contributed by atoms with van der Waals surface area (Å²) in [7, 11) is 0. The number of nitrogens with zero attached hydrogens (tertiary/aromatic N) is 3. The summed E-state index contributed by atoms with van der Waals surface area (Å²) in [5.41, 5.74) is -1.58. The molecular formula is C47H29N3O. The molecule has 0 amide bonds. The third-order valence-corrected chi connectivity index (χ3v) is 8.35. The normalized spacial score (nSPS) is 16.5. The van der Waals surface area contributed by atoms with Gasteiger partial charge in [-0.2, -0.15) is 0 Å². The van der Waals surface area contributed by atoms with E-state index < -0.39 is 136 Å². The van der Waals surface area contributed by atoms with Crippen molar-refractivity contribution in [3.8, 4) is 56.4 Å². The third kappa shape index (κ3) is 5.04. The van der Waals surface area contributed by atoms with Gasteiger partial charge < -0.3 is 4.42 Å². The Bertz CT molecular complexity index is 3850. The first-order valence-corrected chi connectivity index (χ1v) is 15.6. The first-order valence-electron chi connectivity index (χ1n) is 24.6. The van der Waals surface area contributed by atoms with Crippen LogP contribution in [0.15, 0.2) is 180 Å². The molecular weight excluding hydrogens is 623 g/mol. The van der Waals surface area contributed by atoms with Gasteiger partial charge in [0.2, 0.25) is 0 Å². The highest BCUT2D eigenvalue weighted by atomic mass is 16.3. The maximum absolute atomic E-state index is 9.46. The van der Waals surface area contributed by atoms with E-state index in [2.05, 4.69) is 0 Å². The molecule has 0 saturated heterocycles. The van der Waals surface area contributed by atoms with Gasteiger partial charge in [0.1, 0.15) is 11.2 Å². The van der Waals surface area contributed by atoms with Crippen LogP contribution in [0.4, 0.5) is 0 Å². The Labute approximate surface area is 319 Å². The lowest BCUT2D eigenvalue weighted by atomic mass is 9.93. The molecule has 0 spiro atoms. The summed E-state index contributed by atoms with van der Waals surface area (Å²) in [5.74, 6) is 0.230. The zero-order chi connectivity index (χ0) is 49.4. The highest BCUT2D eigenvalue weighted by Gasteiger charge is 2.20. The van der Waals surface area contributed by atoms with Crippen molar-refractivity contribution in [2.75, 3.05) is 0 Å². The summed E-state index contributed by atoms with van der Waals surface area (Å²) in [6, 6.07) is 6.13. The molecule has 0 atom stereocenters. The van der Waals surface area contributed by atoms with Crippen LogP contribution in [0.25, 0.3) is 99.9 Å². The molecule has 8 aromatic carbocycles. The standard InChI is InChI=1S/C47H29N3O/c1-3-13-33(14-4-1)45-48-46(34-15-5-2-6-16-34)50-47(49-45)39-20-11-21-42-43(39)41-29-40(37-18-9-10-19-38(37)44(41)51-42)32-25-22-31(23-26-32)36-27-24-30-12-7-8-17-35(30)28-36/h1-29H/i7D,8D,9D,10D,11D,12D,17D,18D,19D,20D,21D,22D,23D,24D,25D,26D,27D,28D. The van der Waals surface area contributed by atoms with E-state index in [4.69, 9.17) is 34.4 Å². The monoisotopic (exact) mass is 669 g/mol. The van der Waals surface area contributed by atoms with Crippen LogP contribution in [0.1, 0.15) is 24.7 Å². The molecule has 51 heavy (non-hydrogen) atoms.